The standard InChI is InChI=1S/C93H115BN4/c1-58-49-68-71(90(19,20)47-45-87(68,13)14)56-77(58)97-78-52-65(95(62-32-27-59(28-33-62)83(2,3)4)63-34-29-60(30-35-63)84(5,6)7)37-39-74(78)94-75-55-70-72(91(21,22)48-46-89(70,17)18)57-79(75)96(64-36-38-67-69(51-64)88(15,16)44-43-86(67,11)12)80-53-66(54-81(97)82(80)94)98-76-40-31-61(85(8,9)10)50-73(76)92(23)41-25-26-42-93(92,98)24/h27-40,49-57H,25-26,41-48H2,1-24H3. The topological polar surface area (TPSA) is 13.0 Å². The Bertz CT molecular complexity index is 4530. The first-order valence-corrected chi connectivity index (χ1v) is 37.9. The number of fused-ring (bicyclic) bond motifs is 10. The van der Waals surface area contributed by atoms with Gasteiger partial charge in [0.25, 0.3) is 6.71 Å². The number of hydrogen-bond acceptors (Lipinski definition) is 4. The highest BCUT2D eigenvalue weighted by Gasteiger charge is 2.59. The van der Waals surface area contributed by atoms with Crippen LogP contribution in [0, 0.1) is 6.92 Å². The molecule has 3 heterocycles. The zero-order valence-electron chi connectivity index (χ0n) is 64.7. The third-order valence-electron chi connectivity index (χ3n) is 27.0. The van der Waals surface area contributed by atoms with Crippen LogP contribution in [0.3, 0.4) is 0 Å². The van der Waals surface area contributed by atoms with Crippen LogP contribution >= 0.6 is 0 Å². The lowest BCUT2D eigenvalue weighted by molar-refractivity contribution is 0.195. The van der Waals surface area contributed by atoms with E-state index in [0.29, 0.717) is 0 Å². The van der Waals surface area contributed by atoms with Crippen LogP contribution in [-0.2, 0) is 54.1 Å². The van der Waals surface area contributed by atoms with Gasteiger partial charge in [-0.2, -0.15) is 0 Å². The molecule has 0 aromatic heterocycles. The lowest BCUT2D eigenvalue weighted by atomic mass is 9.33. The minimum absolute atomic E-state index is 0.00721. The molecule has 8 aromatic rings. The number of nitrogens with zero attached hydrogens (tertiary/aromatic N) is 4. The van der Waals surface area contributed by atoms with E-state index in [1.807, 2.05) is 0 Å². The Morgan fingerprint density at radius 3 is 1.30 bits per heavy atom. The number of benzene rings is 8. The fraction of sp³-hybridized carbons (Fsp3) is 0.484. The predicted octanol–water partition coefficient (Wildman–Crippen LogP) is 24.2. The summed E-state index contributed by atoms with van der Waals surface area (Å²) in [4.78, 5) is 11.1. The summed E-state index contributed by atoms with van der Waals surface area (Å²) in [6.45, 7) is 59.0. The second kappa shape index (κ2) is 21.5. The van der Waals surface area contributed by atoms with E-state index in [9.17, 15) is 0 Å². The zero-order chi connectivity index (χ0) is 70.2. The summed E-state index contributed by atoms with van der Waals surface area (Å²) in [6, 6.07) is 58.3. The summed E-state index contributed by atoms with van der Waals surface area (Å²) in [5.74, 6) is 0. The molecule has 0 spiro atoms. The van der Waals surface area contributed by atoms with E-state index in [1.165, 1.54) is 149 Å². The molecule has 2 atom stereocenters. The quantitative estimate of drug-likeness (QED) is 0.154. The smallest absolute Gasteiger partial charge is 0.252 e. The van der Waals surface area contributed by atoms with Crippen LogP contribution in [0.5, 0.6) is 0 Å². The van der Waals surface area contributed by atoms with Gasteiger partial charge in [0.1, 0.15) is 0 Å². The van der Waals surface area contributed by atoms with E-state index < -0.39 is 0 Å². The molecular formula is C93H115BN4. The van der Waals surface area contributed by atoms with Gasteiger partial charge < -0.3 is 19.6 Å². The molecule has 510 valence electrons. The number of anilines is 11. The Balaban J connectivity index is 1.10. The molecule has 1 fully saturated rings. The molecule has 0 N–H and O–H groups in total. The predicted molar refractivity (Wildman–Crippen MR) is 425 cm³/mol. The SMILES string of the molecule is Cc1cc2c(cc1N1c3cc(N(c4ccc(C(C)(C)C)cc4)c4ccc(C(C)(C)C)cc4)ccc3B3c4cc5c(cc4N(c4ccc6c(c4)C(C)(C)CCC6(C)C)c4cc(N6c7ccc(C(C)(C)C)cc7C7(C)CCCCC67C)cc1c43)C(C)(C)CCC5(C)C)C(C)(C)CCC2(C)C. The zero-order valence-corrected chi connectivity index (χ0v) is 64.7. The van der Waals surface area contributed by atoms with Crippen LogP contribution in [0.15, 0.2) is 140 Å². The van der Waals surface area contributed by atoms with Gasteiger partial charge in [-0.1, -0.05) is 226 Å². The maximum absolute atomic E-state index is 2.91. The minimum atomic E-state index is -0.203. The van der Waals surface area contributed by atoms with E-state index >= 15 is 0 Å². The van der Waals surface area contributed by atoms with Crippen molar-refractivity contribution in [1.82, 2.24) is 0 Å². The van der Waals surface area contributed by atoms with E-state index in [2.05, 4.69) is 325 Å². The van der Waals surface area contributed by atoms with E-state index in [0.717, 1.165) is 55.6 Å². The van der Waals surface area contributed by atoms with Gasteiger partial charge >= 0.3 is 0 Å². The molecule has 3 aliphatic heterocycles. The van der Waals surface area contributed by atoms with Crippen molar-refractivity contribution in [3.8, 4) is 0 Å². The van der Waals surface area contributed by atoms with Gasteiger partial charge in [-0.3, -0.25) is 0 Å². The van der Waals surface area contributed by atoms with Crippen molar-refractivity contribution < 1.29 is 0 Å². The third-order valence-corrected chi connectivity index (χ3v) is 27.0. The van der Waals surface area contributed by atoms with Crippen LogP contribution in [0.1, 0.15) is 285 Å². The number of aryl methyl sites for hydroxylation is 1. The van der Waals surface area contributed by atoms with Crippen LogP contribution < -0.4 is 36.0 Å². The average Bonchev–Trinajstić information content (AvgIpc) is 1.09. The molecule has 0 radical (unpaired) electrons. The van der Waals surface area contributed by atoms with Gasteiger partial charge in [-0.15, -0.1) is 0 Å². The average molecular weight is 1300 g/mol. The monoisotopic (exact) mass is 1300 g/mol. The van der Waals surface area contributed by atoms with E-state index in [4.69, 9.17) is 0 Å². The van der Waals surface area contributed by atoms with E-state index in [-0.39, 0.29) is 66.4 Å². The maximum atomic E-state index is 2.91. The first-order chi connectivity index (χ1) is 45.6. The summed E-state index contributed by atoms with van der Waals surface area (Å²) in [6.07, 6.45) is 11.7. The summed E-state index contributed by atoms with van der Waals surface area (Å²) in [7, 11) is 0. The molecule has 5 heteroatoms. The molecular weight excluding hydrogens is 1180 g/mol. The van der Waals surface area contributed by atoms with Crippen LogP contribution in [0.25, 0.3) is 0 Å². The van der Waals surface area contributed by atoms with Crippen LogP contribution in [0.2, 0.25) is 0 Å². The number of hydrogen-bond donors (Lipinski definition) is 0. The summed E-state index contributed by atoms with van der Waals surface area (Å²) in [5.41, 5.74) is 33.7. The highest BCUT2D eigenvalue weighted by molar-refractivity contribution is 7.00. The van der Waals surface area contributed by atoms with Crippen LogP contribution in [0.4, 0.5) is 62.6 Å². The van der Waals surface area contributed by atoms with Crippen molar-refractivity contribution in [3.63, 3.8) is 0 Å². The summed E-state index contributed by atoms with van der Waals surface area (Å²) >= 11 is 0. The highest BCUT2D eigenvalue weighted by Crippen LogP contribution is 2.63. The highest BCUT2D eigenvalue weighted by atomic mass is 15.3. The Labute approximate surface area is 592 Å². The summed E-state index contributed by atoms with van der Waals surface area (Å²) < 4.78 is 0. The van der Waals surface area contributed by atoms with Crippen molar-refractivity contribution in [2.75, 3.05) is 19.6 Å². The van der Waals surface area contributed by atoms with Gasteiger partial charge in [0.05, 0.1) is 5.54 Å². The summed E-state index contributed by atoms with van der Waals surface area (Å²) in [5, 5.41) is 0. The van der Waals surface area contributed by atoms with E-state index in [1.54, 1.807) is 0 Å². The van der Waals surface area contributed by atoms with Crippen molar-refractivity contribution in [2.45, 2.75) is 290 Å². The second-order valence-corrected chi connectivity index (χ2v) is 39.5. The lowest BCUT2D eigenvalue weighted by Gasteiger charge is -2.51. The maximum Gasteiger partial charge on any atom is 0.252 e. The van der Waals surface area contributed by atoms with Crippen molar-refractivity contribution in [3.05, 3.63) is 201 Å². The van der Waals surface area contributed by atoms with Gasteiger partial charge in [0, 0.05) is 68.0 Å². The van der Waals surface area contributed by atoms with Gasteiger partial charge in [-0.25, -0.2) is 0 Å². The van der Waals surface area contributed by atoms with Crippen LogP contribution in [-0.4, -0.2) is 12.3 Å². The molecule has 98 heavy (non-hydrogen) atoms. The lowest BCUT2D eigenvalue weighted by Crippen LogP contribution is -2.62. The molecule has 4 aliphatic carbocycles. The fourth-order valence-corrected chi connectivity index (χ4v) is 19.8. The van der Waals surface area contributed by atoms with Crippen molar-refractivity contribution in [1.29, 1.82) is 0 Å². The largest absolute Gasteiger partial charge is 0.334 e. The van der Waals surface area contributed by atoms with Gasteiger partial charge in [0.15, 0.2) is 0 Å². The molecule has 1 saturated carbocycles. The van der Waals surface area contributed by atoms with Gasteiger partial charge in [0.2, 0.25) is 0 Å². The fourth-order valence-electron chi connectivity index (χ4n) is 19.8. The Hall–Kier alpha value is -6.98. The molecule has 0 bridgehead atoms. The molecule has 4 nitrogen and oxygen atoms in total. The second-order valence-electron chi connectivity index (χ2n) is 39.5. The first kappa shape index (κ1) is 66.9. The Kier molecular flexibility index (Phi) is 14.7. The molecule has 0 saturated heterocycles. The van der Waals surface area contributed by atoms with Crippen molar-refractivity contribution in [2.24, 2.45) is 0 Å². The normalized spacial score (nSPS) is 22.6. The minimum Gasteiger partial charge on any atom is -0.334 e. The Morgan fingerprint density at radius 2 is 0.765 bits per heavy atom. The first-order valence-electron chi connectivity index (χ1n) is 37.9. The van der Waals surface area contributed by atoms with Gasteiger partial charge in [-0.05, 0) is 270 Å². The Morgan fingerprint density at radius 1 is 0.327 bits per heavy atom. The molecule has 8 aromatic carbocycles. The van der Waals surface area contributed by atoms with Crippen molar-refractivity contribution >= 4 is 85.7 Å². The number of rotatable bonds is 6. The third kappa shape index (κ3) is 10.1. The molecule has 0 amide bonds. The molecule has 7 aliphatic rings. The molecule has 15 rings (SSSR count). The molecule has 2 unspecified atom stereocenters.